The predicted molar refractivity (Wildman–Crippen MR) is 67.2 cm³/mol. The molecule has 94 valence electrons. The van der Waals surface area contributed by atoms with Crippen molar-refractivity contribution in [1.29, 1.82) is 0 Å². The van der Waals surface area contributed by atoms with Crippen LogP contribution in [0, 0.1) is 6.92 Å². The Morgan fingerprint density at radius 2 is 1.94 bits per heavy atom. The number of H-pyrrole nitrogens is 1. The molecule has 2 rings (SSSR count). The lowest BCUT2D eigenvalue weighted by Gasteiger charge is -2.22. The van der Waals surface area contributed by atoms with Gasteiger partial charge in [0.1, 0.15) is 5.15 Å². The van der Waals surface area contributed by atoms with Crippen LogP contribution in [0.5, 0.6) is 0 Å². The third-order valence-electron chi connectivity index (χ3n) is 3.03. The van der Waals surface area contributed by atoms with Crippen LogP contribution in [0.25, 0.3) is 0 Å². The summed E-state index contributed by atoms with van der Waals surface area (Å²) in [4.78, 5) is 26.2. The van der Waals surface area contributed by atoms with Crippen molar-refractivity contribution < 1.29 is 4.21 Å². The second-order valence-corrected chi connectivity index (χ2v) is 6.20. The summed E-state index contributed by atoms with van der Waals surface area (Å²) in [6.07, 6.45) is 1.19. The second kappa shape index (κ2) is 4.78. The van der Waals surface area contributed by atoms with Gasteiger partial charge in [-0.3, -0.25) is 18.6 Å². The Hall–Kier alpha value is -0.880. The zero-order valence-electron chi connectivity index (χ0n) is 9.36. The first-order chi connectivity index (χ1) is 8.00. The SMILES string of the molecule is Cc1c(Cl)[nH]c(=O)n(C2CCS(=O)CC2)c1=O. The molecular weight excluding hydrogens is 264 g/mol. The molecule has 0 bridgehead atoms. The monoisotopic (exact) mass is 276 g/mol. The Bertz CT molecular complexity index is 568. The molecule has 1 fully saturated rings. The lowest BCUT2D eigenvalue weighted by molar-refractivity contribution is 0.430. The molecule has 1 aromatic rings. The van der Waals surface area contributed by atoms with Crippen molar-refractivity contribution in [3.63, 3.8) is 0 Å². The zero-order chi connectivity index (χ0) is 12.6. The average Bonchev–Trinajstić information content (AvgIpc) is 2.29. The quantitative estimate of drug-likeness (QED) is 0.763. The van der Waals surface area contributed by atoms with E-state index in [2.05, 4.69) is 4.98 Å². The largest absolute Gasteiger partial charge is 0.329 e. The molecule has 1 aliphatic heterocycles. The fourth-order valence-corrected chi connectivity index (χ4v) is 3.42. The molecular formula is C10H13ClN2O3S. The van der Waals surface area contributed by atoms with Gasteiger partial charge in [-0.25, -0.2) is 4.79 Å². The van der Waals surface area contributed by atoms with Gasteiger partial charge >= 0.3 is 5.69 Å². The molecule has 0 aliphatic carbocycles. The summed E-state index contributed by atoms with van der Waals surface area (Å²) < 4.78 is 12.5. The van der Waals surface area contributed by atoms with E-state index in [0.29, 0.717) is 29.9 Å². The van der Waals surface area contributed by atoms with Gasteiger partial charge in [0, 0.05) is 33.9 Å². The van der Waals surface area contributed by atoms with Crippen molar-refractivity contribution in [3.05, 3.63) is 31.6 Å². The summed E-state index contributed by atoms with van der Waals surface area (Å²) in [7, 11) is -0.811. The highest BCUT2D eigenvalue weighted by atomic mass is 35.5. The van der Waals surface area contributed by atoms with Gasteiger partial charge in [0.15, 0.2) is 0 Å². The number of nitrogens with one attached hydrogen (secondary N) is 1. The van der Waals surface area contributed by atoms with Crippen LogP contribution in [0.2, 0.25) is 5.15 Å². The third-order valence-corrected chi connectivity index (χ3v) is 4.79. The van der Waals surface area contributed by atoms with Crippen LogP contribution in [0.3, 0.4) is 0 Å². The predicted octanol–water partition coefficient (Wildman–Crippen LogP) is 0.582. The molecule has 1 saturated heterocycles. The highest BCUT2D eigenvalue weighted by molar-refractivity contribution is 7.85. The Morgan fingerprint density at radius 1 is 1.35 bits per heavy atom. The molecule has 1 aliphatic rings. The van der Waals surface area contributed by atoms with Crippen LogP contribution in [-0.2, 0) is 10.8 Å². The molecule has 0 spiro atoms. The van der Waals surface area contributed by atoms with Crippen LogP contribution in [-0.4, -0.2) is 25.3 Å². The molecule has 0 saturated carbocycles. The lowest BCUT2D eigenvalue weighted by atomic mass is 10.1. The Morgan fingerprint density at radius 3 is 2.53 bits per heavy atom. The number of aromatic amines is 1. The lowest BCUT2D eigenvalue weighted by Crippen LogP contribution is -2.41. The van der Waals surface area contributed by atoms with Crippen LogP contribution in [0.4, 0.5) is 0 Å². The second-order valence-electron chi connectivity index (χ2n) is 4.12. The molecule has 17 heavy (non-hydrogen) atoms. The molecule has 0 unspecified atom stereocenters. The van der Waals surface area contributed by atoms with Gasteiger partial charge in [0.05, 0.1) is 0 Å². The maximum Gasteiger partial charge on any atom is 0.329 e. The molecule has 1 aromatic heterocycles. The molecule has 5 nitrogen and oxygen atoms in total. The number of hydrogen-bond acceptors (Lipinski definition) is 3. The summed E-state index contributed by atoms with van der Waals surface area (Å²) in [6, 6.07) is -0.167. The molecule has 7 heteroatoms. The maximum atomic E-state index is 12.0. The summed E-state index contributed by atoms with van der Waals surface area (Å²) >= 11 is 5.74. The van der Waals surface area contributed by atoms with Crippen molar-refractivity contribution in [1.82, 2.24) is 9.55 Å². The Balaban J connectivity index is 2.46. The topological polar surface area (TPSA) is 71.9 Å². The van der Waals surface area contributed by atoms with E-state index >= 15 is 0 Å². The standard InChI is InChI=1S/C10H13ClN2O3S/c1-6-8(11)12-10(15)13(9(6)14)7-2-4-17(16)5-3-7/h7H,2-5H2,1H3,(H,12,15). The fourth-order valence-electron chi connectivity index (χ4n) is 1.99. The van der Waals surface area contributed by atoms with E-state index in [1.165, 1.54) is 4.57 Å². The summed E-state index contributed by atoms with van der Waals surface area (Å²) in [5, 5.41) is 0.0932. The van der Waals surface area contributed by atoms with Crippen molar-refractivity contribution in [2.75, 3.05) is 11.5 Å². The van der Waals surface area contributed by atoms with Gasteiger partial charge in [-0.1, -0.05) is 11.6 Å². The van der Waals surface area contributed by atoms with E-state index in [1.54, 1.807) is 6.92 Å². The van der Waals surface area contributed by atoms with Crippen molar-refractivity contribution in [3.8, 4) is 0 Å². The normalized spacial score (nSPS) is 24.8. The third kappa shape index (κ3) is 2.37. The highest BCUT2D eigenvalue weighted by Gasteiger charge is 2.23. The van der Waals surface area contributed by atoms with E-state index in [1.807, 2.05) is 0 Å². The number of halogens is 1. The van der Waals surface area contributed by atoms with Gasteiger partial charge in [0.2, 0.25) is 0 Å². The first kappa shape index (κ1) is 12.6. The van der Waals surface area contributed by atoms with E-state index < -0.39 is 16.5 Å². The summed E-state index contributed by atoms with van der Waals surface area (Å²) in [6.45, 7) is 1.58. The molecule has 0 radical (unpaired) electrons. The minimum atomic E-state index is -0.811. The molecule has 2 heterocycles. The van der Waals surface area contributed by atoms with Crippen molar-refractivity contribution in [2.45, 2.75) is 25.8 Å². The van der Waals surface area contributed by atoms with E-state index in [-0.39, 0.29) is 16.8 Å². The first-order valence-corrected chi connectivity index (χ1v) is 7.23. The van der Waals surface area contributed by atoms with Crippen LogP contribution in [0.1, 0.15) is 24.4 Å². The molecule has 1 N–H and O–H groups in total. The minimum absolute atomic E-state index is 0.0932. The minimum Gasteiger partial charge on any atom is -0.297 e. The summed E-state index contributed by atoms with van der Waals surface area (Å²) in [5.41, 5.74) is -0.488. The van der Waals surface area contributed by atoms with Crippen LogP contribution in [0.15, 0.2) is 9.59 Å². The number of aromatic nitrogens is 2. The van der Waals surface area contributed by atoms with Crippen LogP contribution >= 0.6 is 11.6 Å². The number of hydrogen-bond donors (Lipinski definition) is 1. The van der Waals surface area contributed by atoms with Gasteiger partial charge in [-0.2, -0.15) is 0 Å². The van der Waals surface area contributed by atoms with E-state index in [0.717, 1.165) is 0 Å². The molecule has 0 aromatic carbocycles. The average molecular weight is 277 g/mol. The van der Waals surface area contributed by atoms with Gasteiger partial charge < -0.3 is 0 Å². The van der Waals surface area contributed by atoms with Crippen LogP contribution < -0.4 is 11.2 Å². The molecule has 0 amide bonds. The maximum absolute atomic E-state index is 12.0. The first-order valence-electron chi connectivity index (χ1n) is 5.36. The Kier molecular flexibility index (Phi) is 3.53. The number of rotatable bonds is 1. The summed E-state index contributed by atoms with van der Waals surface area (Å²) in [5.74, 6) is 1.08. The Labute approximate surface area is 105 Å². The van der Waals surface area contributed by atoms with Gasteiger partial charge in [-0.05, 0) is 19.8 Å². The fraction of sp³-hybridized carbons (Fsp3) is 0.600. The van der Waals surface area contributed by atoms with E-state index in [9.17, 15) is 13.8 Å². The van der Waals surface area contributed by atoms with Gasteiger partial charge in [-0.15, -0.1) is 0 Å². The van der Waals surface area contributed by atoms with Gasteiger partial charge in [0.25, 0.3) is 5.56 Å². The highest BCUT2D eigenvalue weighted by Crippen LogP contribution is 2.19. The zero-order valence-corrected chi connectivity index (χ0v) is 10.9. The molecule has 0 atom stereocenters. The van der Waals surface area contributed by atoms with E-state index in [4.69, 9.17) is 11.6 Å². The number of nitrogens with zero attached hydrogens (tertiary/aromatic N) is 1. The smallest absolute Gasteiger partial charge is 0.297 e. The van der Waals surface area contributed by atoms with Crippen molar-refractivity contribution >= 4 is 22.4 Å². The van der Waals surface area contributed by atoms with Crippen molar-refractivity contribution in [2.24, 2.45) is 0 Å².